The smallest absolute Gasteiger partial charge is 0.119 e. The third kappa shape index (κ3) is 4.50. The monoisotopic (exact) mass is 285 g/mol. The van der Waals surface area contributed by atoms with E-state index >= 15 is 0 Å². The number of anilines is 1. The second kappa shape index (κ2) is 7.14. The maximum absolute atomic E-state index is 10.0. The van der Waals surface area contributed by atoms with Gasteiger partial charge in [-0.3, -0.25) is 0 Å². The minimum Gasteiger partial charge on any atom is -0.491 e. The molecule has 0 aromatic heterocycles. The van der Waals surface area contributed by atoms with Crippen LogP contribution in [0.15, 0.2) is 42.5 Å². The van der Waals surface area contributed by atoms with Gasteiger partial charge in [0.25, 0.3) is 0 Å². The van der Waals surface area contributed by atoms with Gasteiger partial charge in [-0.2, -0.15) is 0 Å². The Morgan fingerprint density at radius 1 is 1.00 bits per heavy atom. The third-order valence-electron chi connectivity index (χ3n) is 3.46. The second-order valence-corrected chi connectivity index (χ2v) is 5.43. The molecule has 0 saturated carbocycles. The molecule has 0 aliphatic heterocycles. The molecule has 0 saturated heterocycles. The summed E-state index contributed by atoms with van der Waals surface area (Å²) < 4.78 is 5.58. The van der Waals surface area contributed by atoms with Crippen molar-refractivity contribution in [3.63, 3.8) is 0 Å². The molecule has 112 valence electrons. The predicted octanol–water partition coefficient (Wildman–Crippen LogP) is 3.46. The minimum atomic E-state index is -0.551. The fourth-order valence-corrected chi connectivity index (χ4v) is 2.20. The summed E-state index contributed by atoms with van der Waals surface area (Å²) in [4.78, 5) is 0. The molecule has 0 aliphatic carbocycles. The maximum Gasteiger partial charge on any atom is 0.119 e. The Morgan fingerprint density at radius 3 is 2.24 bits per heavy atom. The molecule has 0 fully saturated rings. The van der Waals surface area contributed by atoms with Crippen LogP contribution in [-0.4, -0.2) is 24.4 Å². The molecule has 2 aromatic carbocycles. The topological polar surface area (TPSA) is 41.5 Å². The maximum atomic E-state index is 10.0. The van der Waals surface area contributed by atoms with E-state index in [-0.39, 0.29) is 6.61 Å². The average molecular weight is 285 g/mol. The molecule has 3 heteroatoms. The summed E-state index contributed by atoms with van der Waals surface area (Å²) in [7, 11) is 0. The zero-order chi connectivity index (χ0) is 15.2. The molecular formula is C18H23NO2. The van der Waals surface area contributed by atoms with Gasteiger partial charge in [0.2, 0.25) is 0 Å². The van der Waals surface area contributed by atoms with E-state index in [9.17, 15) is 5.11 Å². The summed E-state index contributed by atoms with van der Waals surface area (Å²) in [6, 6.07) is 14.0. The Morgan fingerprint density at radius 2 is 1.62 bits per heavy atom. The number of benzene rings is 2. The van der Waals surface area contributed by atoms with E-state index in [0.717, 1.165) is 11.4 Å². The van der Waals surface area contributed by atoms with Gasteiger partial charge in [0.15, 0.2) is 0 Å². The number of hydrogen-bond donors (Lipinski definition) is 2. The number of rotatable bonds is 6. The van der Waals surface area contributed by atoms with Crippen molar-refractivity contribution in [3.05, 3.63) is 59.2 Å². The fourth-order valence-electron chi connectivity index (χ4n) is 2.20. The lowest BCUT2D eigenvalue weighted by molar-refractivity contribution is 0.117. The highest BCUT2D eigenvalue weighted by Gasteiger charge is 2.07. The first-order valence-corrected chi connectivity index (χ1v) is 7.24. The number of aliphatic hydroxyl groups is 1. The molecule has 0 aliphatic rings. The quantitative estimate of drug-likeness (QED) is 0.854. The van der Waals surface area contributed by atoms with Crippen molar-refractivity contribution < 1.29 is 9.84 Å². The Hall–Kier alpha value is -2.00. The number of ether oxygens (including phenoxy) is 1. The van der Waals surface area contributed by atoms with Gasteiger partial charge < -0.3 is 15.2 Å². The Kier molecular flexibility index (Phi) is 5.23. The van der Waals surface area contributed by atoms with Crippen molar-refractivity contribution in [2.75, 3.05) is 18.5 Å². The lowest BCUT2D eigenvalue weighted by atomic mass is 10.1. The van der Waals surface area contributed by atoms with Gasteiger partial charge in [-0.25, -0.2) is 0 Å². The summed E-state index contributed by atoms with van der Waals surface area (Å²) in [6.07, 6.45) is -0.551. The van der Waals surface area contributed by atoms with Crippen LogP contribution in [0.25, 0.3) is 0 Å². The highest BCUT2D eigenvalue weighted by atomic mass is 16.5. The van der Waals surface area contributed by atoms with Crippen molar-refractivity contribution in [1.82, 2.24) is 0 Å². The fraction of sp³-hybridized carbons (Fsp3) is 0.333. The lowest BCUT2D eigenvalue weighted by Gasteiger charge is -2.17. The first-order chi connectivity index (χ1) is 10.1. The van der Waals surface area contributed by atoms with Gasteiger partial charge >= 0.3 is 0 Å². The van der Waals surface area contributed by atoms with Crippen LogP contribution in [0.4, 0.5) is 5.69 Å². The first kappa shape index (κ1) is 15.4. The van der Waals surface area contributed by atoms with E-state index in [4.69, 9.17) is 4.74 Å². The molecule has 0 heterocycles. The van der Waals surface area contributed by atoms with E-state index in [1.54, 1.807) is 0 Å². The van der Waals surface area contributed by atoms with Gasteiger partial charge in [-0.15, -0.1) is 0 Å². The average Bonchev–Trinajstić information content (AvgIpc) is 2.46. The number of nitrogens with one attached hydrogen (secondary N) is 1. The molecule has 0 amide bonds. The highest BCUT2D eigenvalue weighted by Crippen LogP contribution is 2.19. The second-order valence-electron chi connectivity index (χ2n) is 5.43. The van der Waals surface area contributed by atoms with Crippen molar-refractivity contribution in [3.8, 4) is 5.75 Å². The van der Waals surface area contributed by atoms with E-state index < -0.39 is 6.10 Å². The van der Waals surface area contributed by atoms with Crippen LogP contribution in [0.5, 0.6) is 5.75 Å². The van der Waals surface area contributed by atoms with Crippen LogP contribution in [0, 0.1) is 20.8 Å². The molecule has 3 nitrogen and oxygen atoms in total. The first-order valence-electron chi connectivity index (χ1n) is 7.24. The summed E-state index contributed by atoms with van der Waals surface area (Å²) in [5.74, 6) is 0.784. The summed E-state index contributed by atoms with van der Waals surface area (Å²) in [6.45, 7) is 6.90. The summed E-state index contributed by atoms with van der Waals surface area (Å²) in [5, 5.41) is 13.3. The van der Waals surface area contributed by atoms with Crippen LogP contribution in [0.2, 0.25) is 0 Å². The van der Waals surface area contributed by atoms with E-state index in [1.165, 1.54) is 16.7 Å². The highest BCUT2D eigenvalue weighted by molar-refractivity contribution is 5.56. The third-order valence-corrected chi connectivity index (χ3v) is 3.46. The Labute approximate surface area is 126 Å². The summed E-state index contributed by atoms with van der Waals surface area (Å²) in [5.41, 5.74) is 4.65. The van der Waals surface area contributed by atoms with Gasteiger partial charge in [0.1, 0.15) is 18.5 Å². The van der Waals surface area contributed by atoms with Gasteiger partial charge in [0, 0.05) is 12.2 Å². The molecular weight excluding hydrogens is 262 g/mol. The van der Waals surface area contributed by atoms with Crippen molar-refractivity contribution in [1.29, 1.82) is 0 Å². The van der Waals surface area contributed by atoms with Crippen LogP contribution in [0.3, 0.4) is 0 Å². The van der Waals surface area contributed by atoms with E-state index in [1.807, 2.05) is 37.3 Å². The molecule has 2 rings (SSSR count). The molecule has 0 bridgehead atoms. The van der Waals surface area contributed by atoms with Gasteiger partial charge in [0.05, 0.1) is 0 Å². The van der Waals surface area contributed by atoms with Crippen molar-refractivity contribution in [2.45, 2.75) is 26.9 Å². The zero-order valence-corrected chi connectivity index (χ0v) is 12.9. The molecule has 1 atom stereocenters. The number of hydrogen-bond acceptors (Lipinski definition) is 3. The Bertz CT molecular complexity index is 558. The largest absolute Gasteiger partial charge is 0.491 e. The number of aliphatic hydroxyl groups excluding tert-OH is 1. The number of aryl methyl sites for hydroxylation is 3. The molecule has 1 unspecified atom stereocenters. The van der Waals surface area contributed by atoms with Gasteiger partial charge in [-0.05, 0) is 44.0 Å². The van der Waals surface area contributed by atoms with E-state index in [2.05, 4.69) is 31.3 Å². The number of para-hydroxylation sites is 1. The molecule has 0 spiro atoms. The van der Waals surface area contributed by atoms with Crippen LogP contribution in [-0.2, 0) is 0 Å². The lowest BCUT2D eigenvalue weighted by Crippen LogP contribution is -2.26. The van der Waals surface area contributed by atoms with E-state index in [0.29, 0.717) is 6.54 Å². The standard InChI is InChI=1S/C18H23NO2/c1-13-7-9-17(10-8-13)21-12-16(20)11-19-18-14(2)5-4-6-15(18)3/h4-10,16,19-20H,11-12H2,1-3H3. The van der Waals surface area contributed by atoms with Crippen LogP contribution < -0.4 is 10.1 Å². The van der Waals surface area contributed by atoms with Crippen LogP contribution in [0.1, 0.15) is 16.7 Å². The molecule has 21 heavy (non-hydrogen) atoms. The SMILES string of the molecule is Cc1ccc(OCC(O)CNc2c(C)cccc2C)cc1. The predicted molar refractivity (Wildman–Crippen MR) is 87.1 cm³/mol. The van der Waals surface area contributed by atoms with Gasteiger partial charge in [-0.1, -0.05) is 35.9 Å². The van der Waals surface area contributed by atoms with Crippen molar-refractivity contribution >= 4 is 5.69 Å². The minimum absolute atomic E-state index is 0.279. The molecule has 2 N–H and O–H groups in total. The van der Waals surface area contributed by atoms with Crippen LogP contribution >= 0.6 is 0 Å². The molecule has 2 aromatic rings. The normalized spacial score (nSPS) is 12.0. The van der Waals surface area contributed by atoms with Crippen molar-refractivity contribution in [2.24, 2.45) is 0 Å². The molecule has 0 radical (unpaired) electrons. The zero-order valence-electron chi connectivity index (χ0n) is 12.9. The summed E-state index contributed by atoms with van der Waals surface area (Å²) >= 11 is 0. The Balaban J connectivity index is 1.82.